The van der Waals surface area contributed by atoms with Crippen LogP contribution in [-0.4, -0.2) is 20.7 Å². The highest BCUT2D eigenvalue weighted by molar-refractivity contribution is 7.89. The Kier molecular flexibility index (Phi) is 4.67. The van der Waals surface area contributed by atoms with Crippen LogP contribution in [0.3, 0.4) is 0 Å². The average Bonchev–Trinajstić information content (AvgIpc) is 2.20. The predicted molar refractivity (Wildman–Crippen MR) is 61.1 cm³/mol. The van der Waals surface area contributed by atoms with Gasteiger partial charge in [0.05, 0.1) is 10.8 Å². The second kappa shape index (κ2) is 5.58. The summed E-state index contributed by atoms with van der Waals surface area (Å²) in [4.78, 5) is 0. The number of nitrogens with one attached hydrogen (secondary N) is 1. The summed E-state index contributed by atoms with van der Waals surface area (Å²) in [6.07, 6.45) is 0. The summed E-state index contributed by atoms with van der Waals surface area (Å²) in [6.45, 7) is 0.127. The Hall–Kier alpha value is -0.690. The van der Waals surface area contributed by atoms with Gasteiger partial charge in [-0.15, -0.1) is 0 Å². The van der Waals surface area contributed by atoms with Crippen molar-refractivity contribution in [2.45, 2.75) is 6.54 Å². The number of nitrogens with two attached hydrogens (primary N) is 1. The van der Waals surface area contributed by atoms with Gasteiger partial charge in [-0.25, -0.2) is 17.5 Å². The van der Waals surface area contributed by atoms with Crippen molar-refractivity contribution in [3.8, 4) is 0 Å². The molecule has 1 rings (SSSR count). The SMILES string of the molecule is NCCS(=O)(=O)NCc1ccc(F)c(Cl)c1. The van der Waals surface area contributed by atoms with E-state index in [4.69, 9.17) is 17.3 Å². The monoisotopic (exact) mass is 266 g/mol. The third kappa shape index (κ3) is 4.05. The van der Waals surface area contributed by atoms with Gasteiger partial charge in [0.15, 0.2) is 0 Å². The number of benzene rings is 1. The standard InChI is InChI=1S/C9H12ClFN2O2S/c10-8-5-7(1-2-9(8)11)6-13-16(14,15)4-3-12/h1-2,5,13H,3-4,6,12H2. The first-order chi connectivity index (χ1) is 7.44. The van der Waals surface area contributed by atoms with Gasteiger partial charge in [-0.3, -0.25) is 0 Å². The van der Waals surface area contributed by atoms with E-state index in [0.29, 0.717) is 5.56 Å². The van der Waals surface area contributed by atoms with E-state index in [2.05, 4.69) is 4.72 Å². The highest BCUT2D eigenvalue weighted by Gasteiger charge is 2.08. The Bertz CT molecular complexity index is 465. The Morgan fingerprint density at radius 2 is 2.12 bits per heavy atom. The van der Waals surface area contributed by atoms with E-state index in [0.717, 1.165) is 0 Å². The summed E-state index contributed by atoms with van der Waals surface area (Å²) in [7, 11) is -3.36. The fourth-order valence-electron chi connectivity index (χ4n) is 1.07. The van der Waals surface area contributed by atoms with Crippen LogP contribution in [0.4, 0.5) is 4.39 Å². The molecule has 90 valence electrons. The summed E-state index contributed by atoms with van der Waals surface area (Å²) >= 11 is 5.55. The van der Waals surface area contributed by atoms with Crippen LogP contribution in [0.1, 0.15) is 5.56 Å². The Morgan fingerprint density at radius 3 is 2.69 bits per heavy atom. The molecule has 16 heavy (non-hydrogen) atoms. The maximum Gasteiger partial charge on any atom is 0.213 e. The van der Waals surface area contributed by atoms with Gasteiger partial charge in [-0.1, -0.05) is 17.7 Å². The van der Waals surface area contributed by atoms with E-state index in [1.54, 1.807) is 0 Å². The molecule has 0 saturated carbocycles. The molecule has 0 unspecified atom stereocenters. The molecule has 0 aliphatic heterocycles. The first-order valence-electron chi connectivity index (χ1n) is 4.56. The molecule has 0 aliphatic carbocycles. The molecule has 0 bridgehead atoms. The third-order valence-corrected chi connectivity index (χ3v) is 3.51. The van der Waals surface area contributed by atoms with Crippen molar-refractivity contribution in [1.29, 1.82) is 0 Å². The van der Waals surface area contributed by atoms with Crippen LogP contribution in [0.2, 0.25) is 5.02 Å². The topological polar surface area (TPSA) is 72.2 Å². The summed E-state index contributed by atoms with van der Waals surface area (Å²) in [5.41, 5.74) is 5.73. The van der Waals surface area contributed by atoms with Crippen LogP contribution < -0.4 is 10.5 Å². The van der Waals surface area contributed by atoms with E-state index in [1.165, 1.54) is 18.2 Å². The first-order valence-corrected chi connectivity index (χ1v) is 6.59. The molecule has 0 spiro atoms. The fourth-order valence-corrected chi connectivity index (χ4v) is 2.11. The summed E-state index contributed by atoms with van der Waals surface area (Å²) in [6, 6.07) is 4.03. The van der Waals surface area contributed by atoms with Crippen LogP contribution in [0.25, 0.3) is 0 Å². The molecule has 0 heterocycles. The number of sulfonamides is 1. The van der Waals surface area contributed by atoms with Crippen LogP contribution in [-0.2, 0) is 16.6 Å². The molecule has 0 fully saturated rings. The van der Waals surface area contributed by atoms with Gasteiger partial charge in [0.1, 0.15) is 5.82 Å². The molecule has 0 aromatic heterocycles. The Morgan fingerprint density at radius 1 is 1.44 bits per heavy atom. The van der Waals surface area contributed by atoms with Gasteiger partial charge in [-0.05, 0) is 17.7 Å². The van der Waals surface area contributed by atoms with Gasteiger partial charge < -0.3 is 5.73 Å². The molecule has 7 heteroatoms. The lowest BCUT2D eigenvalue weighted by Gasteiger charge is -2.06. The minimum Gasteiger partial charge on any atom is -0.329 e. The fraction of sp³-hybridized carbons (Fsp3) is 0.333. The molecular weight excluding hydrogens is 255 g/mol. The second-order valence-electron chi connectivity index (χ2n) is 3.18. The number of hydrogen-bond acceptors (Lipinski definition) is 3. The molecule has 0 aliphatic rings. The van der Waals surface area contributed by atoms with Crippen molar-refractivity contribution in [3.05, 3.63) is 34.6 Å². The van der Waals surface area contributed by atoms with Gasteiger partial charge in [0.25, 0.3) is 0 Å². The van der Waals surface area contributed by atoms with Crippen molar-refractivity contribution in [1.82, 2.24) is 4.72 Å². The molecule has 4 nitrogen and oxygen atoms in total. The van der Waals surface area contributed by atoms with E-state index in [9.17, 15) is 12.8 Å². The molecule has 0 atom stereocenters. The van der Waals surface area contributed by atoms with Gasteiger partial charge in [0, 0.05) is 13.1 Å². The maximum absolute atomic E-state index is 12.8. The summed E-state index contributed by atoms with van der Waals surface area (Å²) in [5, 5.41) is -0.0319. The van der Waals surface area contributed by atoms with E-state index in [-0.39, 0.29) is 23.9 Å². The van der Waals surface area contributed by atoms with Crippen molar-refractivity contribution in [3.63, 3.8) is 0 Å². The Balaban J connectivity index is 2.65. The lowest BCUT2D eigenvalue weighted by Crippen LogP contribution is -2.29. The zero-order valence-electron chi connectivity index (χ0n) is 8.41. The largest absolute Gasteiger partial charge is 0.329 e. The van der Waals surface area contributed by atoms with Gasteiger partial charge >= 0.3 is 0 Å². The van der Waals surface area contributed by atoms with Crippen LogP contribution in [0, 0.1) is 5.82 Å². The molecule has 0 amide bonds. The minimum atomic E-state index is -3.36. The van der Waals surface area contributed by atoms with Crippen molar-refractivity contribution in [2.75, 3.05) is 12.3 Å². The summed E-state index contributed by atoms with van der Waals surface area (Å²) < 4.78 is 37.7. The maximum atomic E-state index is 12.8. The number of hydrogen-bond donors (Lipinski definition) is 2. The molecule has 1 aromatic rings. The van der Waals surface area contributed by atoms with Gasteiger partial charge in [0.2, 0.25) is 10.0 Å². The normalized spacial score (nSPS) is 11.7. The number of halogens is 2. The zero-order valence-corrected chi connectivity index (χ0v) is 9.98. The van der Waals surface area contributed by atoms with Crippen molar-refractivity contribution in [2.24, 2.45) is 5.73 Å². The Labute approximate surface area is 98.6 Å². The van der Waals surface area contributed by atoms with Crippen molar-refractivity contribution >= 4 is 21.6 Å². The van der Waals surface area contributed by atoms with E-state index >= 15 is 0 Å². The molecular formula is C9H12ClFN2O2S. The van der Waals surface area contributed by atoms with E-state index in [1.807, 2.05) is 0 Å². The minimum absolute atomic E-state index is 0.0319. The van der Waals surface area contributed by atoms with Crippen LogP contribution in [0.5, 0.6) is 0 Å². The average molecular weight is 267 g/mol. The highest BCUT2D eigenvalue weighted by atomic mass is 35.5. The lowest BCUT2D eigenvalue weighted by molar-refractivity contribution is 0.581. The third-order valence-electron chi connectivity index (χ3n) is 1.87. The van der Waals surface area contributed by atoms with Crippen LogP contribution >= 0.6 is 11.6 Å². The van der Waals surface area contributed by atoms with Crippen LogP contribution in [0.15, 0.2) is 18.2 Å². The van der Waals surface area contributed by atoms with E-state index < -0.39 is 15.8 Å². The smallest absolute Gasteiger partial charge is 0.213 e. The molecule has 0 saturated heterocycles. The van der Waals surface area contributed by atoms with Crippen molar-refractivity contribution < 1.29 is 12.8 Å². The molecule has 3 N–H and O–H groups in total. The second-order valence-corrected chi connectivity index (χ2v) is 5.51. The number of rotatable bonds is 5. The summed E-state index contributed by atoms with van der Waals surface area (Å²) in [5.74, 6) is -0.669. The predicted octanol–water partition coefficient (Wildman–Crippen LogP) is 0.857. The molecule has 0 radical (unpaired) electrons. The molecule has 1 aromatic carbocycles. The first kappa shape index (κ1) is 13.4. The van der Waals surface area contributed by atoms with Gasteiger partial charge in [-0.2, -0.15) is 0 Å². The highest BCUT2D eigenvalue weighted by Crippen LogP contribution is 2.15. The zero-order chi connectivity index (χ0) is 12.2. The quantitative estimate of drug-likeness (QED) is 0.830. The lowest BCUT2D eigenvalue weighted by atomic mass is 10.2.